The van der Waals surface area contributed by atoms with E-state index in [1.165, 1.54) is 5.57 Å². The van der Waals surface area contributed by atoms with Gasteiger partial charge in [0.25, 0.3) is 0 Å². The quantitative estimate of drug-likeness (QED) is 0.745. The maximum atomic E-state index is 11.1. The van der Waals surface area contributed by atoms with E-state index in [1.54, 1.807) is 0 Å². The van der Waals surface area contributed by atoms with Gasteiger partial charge >= 0.3 is 0 Å². The van der Waals surface area contributed by atoms with Gasteiger partial charge in [-0.2, -0.15) is 0 Å². The number of rotatable bonds is 2. The van der Waals surface area contributed by atoms with Crippen molar-refractivity contribution in [1.82, 2.24) is 0 Å². The molecule has 0 bridgehead atoms. The summed E-state index contributed by atoms with van der Waals surface area (Å²) in [7, 11) is 0. The summed E-state index contributed by atoms with van der Waals surface area (Å²) in [6.07, 6.45) is 16.7. The van der Waals surface area contributed by atoms with Crippen molar-refractivity contribution in [2.45, 2.75) is 64.9 Å². The van der Waals surface area contributed by atoms with Crippen molar-refractivity contribution < 1.29 is 9.84 Å². The monoisotopic (exact) mass is 302 g/mol. The Morgan fingerprint density at radius 2 is 1.82 bits per heavy atom. The van der Waals surface area contributed by atoms with Crippen LogP contribution in [0.25, 0.3) is 0 Å². The molecule has 0 atom stereocenters. The first-order valence-electron chi connectivity index (χ1n) is 8.72. The molecule has 122 valence electrons. The van der Waals surface area contributed by atoms with E-state index in [1.807, 2.05) is 6.26 Å². The zero-order chi connectivity index (χ0) is 15.8. The Balaban J connectivity index is 1.67. The Morgan fingerprint density at radius 3 is 2.41 bits per heavy atom. The summed E-state index contributed by atoms with van der Waals surface area (Å²) in [5.41, 5.74) is 0.964. The molecule has 2 aliphatic carbocycles. The van der Waals surface area contributed by atoms with Crippen LogP contribution in [-0.4, -0.2) is 17.3 Å². The van der Waals surface area contributed by atoms with E-state index in [-0.39, 0.29) is 5.41 Å². The number of ether oxygens (including phenoxy) is 1. The molecule has 2 heteroatoms. The smallest absolute Gasteiger partial charge is 0.104 e. The van der Waals surface area contributed by atoms with Crippen molar-refractivity contribution in [2.75, 3.05) is 6.61 Å². The van der Waals surface area contributed by atoms with Gasteiger partial charge in [-0.1, -0.05) is 45.1 Å². The minimum absolute atomic E-state index is 0.0884. The standard InChI is InChI=1S/C20H30O2/c1-18(2,3)16-7-11-20(21,12-8-16)13-17-14-22-15-19(17)9-5-4-6-10-19/h5-6,9-10,14,16,21H,4,7-8,11-13,15H2,1-3H3. The van der Waals surface area contributed by atoms with Crippen LogP contribution >= 0.6 is 0 Å². The van der Waals surface area contributed by atoms with E-state index in [0.717, 1.165) is 44.4 Å². The Labute approximate surface area is 134 Å². The molecule has 0 aromatic heterocycles. The summed E-state index contributed by atoms with van der Waals surface area (Å²) < 4.78 is 5.64. The lowest BCUT2D eigenvalue weighted by Gasteiger charge is -2.42. The van der Waals surface area contributed by atoms with Gasteiger partial charge in [-0.3, -0.25) is 0 Å². The number of hydrogen-bond donors (Lipinski definition) is 1. The molecule has 2 nitrogen and oxygen atoms in total. The van der Waals surface area contributed by atoms with E-state index in [4.69, 9.17) is 4.74 Å². The Kier molecular flexibility index (Phi) is 4.01. The van der Waals surface area contributed by atoms with Crippen LogP contribution in [0, 0.1) is 16.7 Å². The molecule has 3 rings (SSSR count). The molecule has 1 fully saturated rings. The van der Waals surface area contributed by atoms with Gasteiger partial charge in [0, 0.05) is 6.42 Å². The first kappa shape index (κ1) is 15.9. The van der Waals surface area contributed by atoms with E-state index in [0.29, 0.717) is 12.0 Å². The molecule has 3 aliphatic rings. The summed E-state index contributed by atoms with van der Waals surface area (Å²) in [6, 6.07) is 0. The van der Waals surface area contributed by atoms with Gasteiger partial charge < -0.3 is 9.84 Å². The molecule has 1 N–H and O–H groups in total. The van der Waals surface area contributed by atoms with Crippen LogP contribution in [0.2, 0.25) is 0 Å². The minimum Gasteiger partial charge on any atom is -0.500 e. The van der Waals surface area contributed by atoms with E-state index >= 15 is 0 Å². The molecule has 0 unspecified atom stereocenters. The van der Waals surface area contributed by atoms with Gasteiger partial charge in [0.15, 0.2) is 0 Å². The van der Waals surface area contributed by atoms with Gasteiger partial charge in [-0.15, -0.1) is 0 Å². The first-order valence-corrected chi connectivity index (χ1v) is 8.72. The van der Waals surface area contributed by atoms with Gasteiger partial charge in [0.05, 0.1) is 17.3 Å². The molecule has 1 heterocycles. The van der Waals surface area contributed by atoms with Crippen LogP contribution in [0.4, 0.5) is 0 Å². The highest BCUT2D eigenvalue weighted by molar-refractivity contribution is 5.35. The Morgan fingerprint density at radius 1 is 1.18 bits per heavy atom. The maximum Gasteiger partial charge on any atom is 0.104 e. The largest absolute Gasteiger partial charge is 0.500 e. The van der Waals surface area contributed by atoms with Crippen molar-refractivity contribution in [3.63, 3.8) is 0 Å². The van der Waals surface area contributed by atoms with Crippen LogP contribution < -0.4 is 0 Å². The van der Waals surface area contributed by atoms with Gasteiger partial charge in [-0.25, -0.2) is 0 Å². The molecule has 0 aromatic carbocycles. The zero-order valence-corrected chi connectivity index (χ0v) is 14.3. The third-order valence-electron chi connectivity index (χ3n) is 5.91. The molecular weight excluding hydrogens is 272 g/mol. The summed E-state index contributed by atoms with van der Waals surface area (Å²) in [6.45, 7) is 7.65. The van der Waals surface area contributed by atoms with Gasteiger partial charge in [0.2, 0.25) is 0 Å². The summed E-state index contributed by atoms with van der Waals surface area (Å²) >= 11 is 0. The van der Waals surface area contributed by atoms with Crippen molar-refractivity contribution in [3.05, 3.63) is 36.1 Å². The lowest BCUT2D eigenvalue weighted by atomic mass is 9.65. The fourth-order valence-electron chi connectivity index (χ4n) is 4.24. The first-order chi connectivity index (χ1) is 10.3. The number of hydrogen-bond acceptors (Lipinski definition) is 2. The fraction of sp³-hybridized carbons (Fsp3) is 0.700. The van der Waals surface area contributed by atoms with Crippen molar-refractivity contribution >= 4 is 0 Å². The Hall–Kier alpha value is -1.02. The third kappa shape index (κ3) is 3.03. The highest BCUT2D eigenvalue weighted by atomic mass is 16.5. The van der Waals surface area contributed by atoms with E-state index in [2.05, 4.69) is 45.1 Å². The van der Waals surface area contributed by atoms with E-state index < -0.39 is 5.60 Å². The molecule has 0 aromatic rings. The molecule has 0 radical (unpaired) electrons. The summed E-state index contributed by atoms with van der Waals surface area (Å²) in [4.78, 5) is 0. The average molecular weight is 302 g/mol. The zero-order valence-electron chi connectivity index (χ0n) is 14.3. The topological polar surface area (TPSA) is 29.5 Å². The molecule has 0 saturated heterocycles. The van der Waals surface area contributed by atoms with Crippen LogP contribution in [0.5, 0.6) is 0 Å². The molecular formula is C20H30O2. The number of aliphatic hydroxyl groups is 1. The average Bonchev–Trinajstić information content (AvgIpc) is 2.81. The van der Waals surface area contributed by atoms with Crippen LogP contribution in [0.15, 0.2) is 36.1 Å². The summed E-state index contributed by atoms with van der Waals surface area (Å²) in [5.74, 6) is 0.727. The highest BCUT2D eigenvalue weighted by Crippen LogP contribution is 2.48. The number of allylic oxidation sites excluding steroid dienone is 2. The Bertz CT molecular complexity index is 484. The SMILES string of the molecule is CC(C)(C)C1CCC(O)(CC2=COCC23C=CCC=C3)CC1. The maximum absolute atomic E-state index is 11.1. The second-order valence-electron chi connectivity index (χ2n) is 8.58. The van der Waals surface area contributed by atoms with Gasteiger partial charge in [0.1, 0.15) is 6.61 Å². The normalized spacial score (nSPS) is 33.8. The molecule has 1 saturated carbocycles. The van der Waals surface area contributed by atoms with Crippen LogP contribution in [0.1, 0.15) is 59.3 Å². The highest BCUT2D eigenvalue weighted by Gasteiger charge is 2.43. The lowest BCUT2D eigenvalue weighted by molar-refractivity contribution is -0.0260. The molecule has 0 amide bonds. The van der Waals surface area contributed by atoms with Crippen LogP contribution in [0.3, 0.4) is 0 Å². The van der Waals surface area contributed by atoms with Crippen molar-refractivity contribution in [3.8, 4) is 0 Å². The van der Waals surface area contributed by atoms with E-state index in [9.17, 15) is 5.11 Å². The molecule has 1 aliphatic heterocycles. The fourth-order valence-corrected chi connectivity index (χ4v) is 4.24. The predicted octanol–water partition coefficient (Wildman–Crippen LogP) is 4.76. The third-order valence-corrected chi connectivity index (χ3v) is 5.91. The minimum atomic E-state index is -0.548. The van der Waals surface area contributed by atoms with Crippen molar-refractivity contribution in [1.29, 1.82) is 0 Å². The van der Waals surface area contributed by atoms with Crippen LogP contribution in [-0.2, 0) is 4.74 Å². The second-order valence-corrected chi connectivity index (χ2v) is 8.58. The van der Waals surface area contributed by atoms with Crippen molar-refractivity contribution in [2.24, 2.45) is 16.7 Å². The second kappa shape index (κ2) is 5.56. The molecule has 22 heavy (non-hydrogen) atoms. The predicted molar refractivity (Wildman–Crippen MR) is 90.3 cm³/mol. The lowest BCUT2D eigenvalue weighted by Crippen LogP contribution is -2.39. The summed E-state index contributed by atoms with van der Waals surface area (Å²) in [5, 5.41) is 11.1. The molecule has 1 spiro atoms. The van der Waals surface area contributed by atoms with Gasteiger partial charge in [-0.05, 0) is 49.0 Å².